The highest BCUT2D eigenvalue weighted by molar-refractivity contribution is 5.99. The van der Waals surface area contributed by atoms with Crippen LogP contribution in [-0.2, 0) is 0 Å². The summed E-state index contributed by atoms with van der Waals surface area (Å²) in [4.78, 5) is 16.6. The Morgan fingerprint density at radius 3 is 2.50 bits per heavy atom. The van der Waals surface area contributed by atoms with Gasteiger partial charge >= 0.3 is 0 Å². The van der Waals surface area contributed by atoms with E-state index in [-0.39, 0.29) is 34.3 Å². The van der Waals surface area contributed by atoms with E-state index in [1.165, 1.54) is 16.8 Å². The molecule has 1 aliphatic rings. The molecule has 0 atom stereocenters. The Hall–Kier alpha value is -2.05. The molecule has 1 amide bonds. The van der Waals surface area contributed by atoms with E-state index in [1.807, 2.05) is 0 Å². The Kier molecular flexibility index (Phi) is 4.99. The van der Waals surface area contributed by atoms with Gasteiger partial charge in [0.15, 0.2) is 5.65 Å². The van der Waals surface area contributed by atoms with Gasteiger partial charge in [0, 0.05) is 11.7 Å². The maximum Gasteiger partial charge on any atom is 0.280 e. The number of amides is 1. The molecule has 1 N–H and O–H groups in total. The predicted octanol–water partition coefficient (Wildman–Crippen LogP) is 4.31. The SMILES string of the molecule is Cc1cc(C(F)F)nc2c(C(=O)NC3CCC(C(C)(C)C)CC3)cnn12. The number of aromatic nitrogens is 3. The van der Waals surface area contributed by atoms with Crippen LogP contribution in [0.15, 0.2) is 12.3 Å². The van der Waals surface area contributed by atoms with E-state index in [2.05, 4.69) is 36.2 Å². The van der Waals surface area contributed by atoms with Crippen LogP contribution < -0.4 is 5.32 Å². The molecule has 2 aromatic heterocycles. The molecule has 5 nitrogen and oxygen atoms in total. The van der Waals surface area contributed by atoms with Crippen LogP contribution in [0.3, 0.4) is 0 Å². The Balaban J connectivity index is 1.75. The molecule has 1 saturated carbocycles. The summed E-state index contributed by atoms with van der Waals surface area (Å²) in [7, 11) is 0. The Labute approximate surface area is 152 Å². The Morgan fingerprint density at radius 1 is 1.27 bits per heavy atom. The van der Waals surface area contributed by atoms with Crippen LogP contribution in [-0.4, -0.2) is 26.5 Å². The van der Waals surface area contributed by atoms with Gasteiger partial charge in [-0.25, -0.2) is 18.3 Å². The average molecular weight is 364 g/mol. The molecule has 3 rings (SSSR count). The average Bonchev–Trinajstić information content (AvgIpc) is 2.99. The Bertz CT molecular complexity index is 802. The highest BCUT2D eigenvalue weighted by atomic mass is 19.3. The second-order valence-corrected chi connectivity index (χ2v) is 8.30. The van der Waals surface area contributed by atoms with Crippen molar-refractivity contribution in [1.82, 2.24) is 19.9 Å². The standard InChI is InChI=1S/C19H26F2N4O/c1-11-9-15(16(20)21)24-17-14(10-22-25(11)17)18(26)23-13-7-5-12(6-8-13)19(2,3)4/h9-10,12-13,16H,5-8H2,1-4H3,(H,23,26). The number of nitrogens with one attached hydrogen (secondary N) is 1. The van der Waals surface area contributed by atoms with Gasteiger partial charge in [-0.2, -0.15) is 5.10 Å². The van der Waals surface area contributed by atoms with Gasteiger partial charge in [0.05, 0.1) is 6.20 Å². The first kappa shape index (κ1) is 18.7. The van der Waals surface area contributed by atoms with Crippen molar-refractivity contribution in [3.05, 3.63) is 29.2 Å². The monoisotopic (exact) mass is 364 g/mol. The lowest BCUT2D eigenvalue weighted by molar-refractivity contribution is 0.0905. The van der Waals surface area contributed by atoms with E-state index in [9.17, 15) is 13.6 Å². The molecule has 0 aliphatic heterocycles. The quantitative estimate of drug-likeness (QED) is 0.883. The molecule has 0 unspecified atom stereocenters. The molecule has 0 saturated heterocycles. The van der Waals surface area contributed by atoms with Gasteiger partial charge in [-0.3, -0.25) is 4.79 Å². The van der Waals surface area contributed by atoms with Crippen LogP contribution >= 0.6 is 0 Å². The molecule has 1 fully saturated rings. The van der Waals surface area contributed by atoms with Crippen LogP contribution in [0.2, 0.25) is 0 Å². The summed E-state index contributed by atoms with van der Waals surface area (Å²) in [6, 6.07) is 1.40. The molecule has 2 heterocycles. The lowest BCUT2D eigenvalue weighted by Crippen LogP contribution is -2.39. The first-order valence-electron chi connectivity index (χ1n) is 9.11. The number of rotatable bonds is 3. The summed E-state index contributed by atoms with van der Waals surface area (Å²) < 4.78 is 27.5. The van der Waals surface area contributed by atoms with E-state index < -0.39 is 6.43 Å². The molecule has 0 spiro atoms. The maximum atomic E-state index is 13.0. The summed E-state index contributed by atoms with van der Waals surface area (Å²) in [6.07, 6.45) is 2.74. The van der Waals surface area contributed by atoms with Crippen molar-refractivity contribution >= 4 is 11.6 Å². The fourth-order valence-electron chi connectivity index (χ4n) is 3.78. The Morgan fingerprint density at radius 2 is 1.92 bits per heavy atom. The smallest absolute Gasteiger partial charge is 0.280 e. The van der Waals surface area contributed by atoms with Gasteiger partial charge in [-0.1, -0.05) is 20.8 Å². The third kappa shape index (κ3) is 3.71. The molecule has 0 bridgehead atoms. The van der Waals surface area contributed by atoms with Gasteiger partial charge in [0.1, 0.15) is 11.3 Å². The van der Waals surface area contributed by atoms with E-state index in [0.717, 1.165) is 25.7 Å². The van der Waals surface area contributed by atoms with Gasteiger partial charge in [-0.05, 0) is 50.0 Å². The number of carbonyl (C=O) groups is 1. The minimum absolute atomic E-state index is 0.107. The van der Waals surface area contributed by atoms with Gasteiger partial charge in [-0.15, -0.1) is 0 Å². The highest BCUT2D eigenvalue weighted by Crippen LogP contribution is 2.37. The van der Waals surface area contributed by atoms with Crippen LogP contribution in [0.25, 0.3) is 5.65 Å². The molecule has 0 radical (unpaired) electrons. The fraction of sp³-hybridized carbons (Fsp3) is 0.632. The zero-order chi connectivity index (χ0) is 19.1. The second kappa shape index (κ2) is 6.93. The van der Waals surface area contributed by atoms with Crippen LogP contribution in [0.4, 0.5) is 8.78 Å². The number of hydrogen-bond donors (Lipinski definition) is 1. The molecular formula is C19H26F2N4O. The van der Waals surface area contributed by atoms with Crippen molar-refractivity contribution in [3.8, 4) is 0 Å². The zero-order valence-electron chi connectivity index (χ0n) is 15.7. The maximum absolute atomic E-state index is 13.0. The number of hydrogen-bond acceptors (Lipinski definition) is 3. The second-order valence-electron chi connectivity index (χ2n) is 8.30. The van der Waals surface area contributed by atoms with E-state index in [0.29, 0.717) is 11.6 Å². The molecule has 2 aromatic rings. The summed E-state index contributed by atoms with van der Waals surface area (Å²) in [5.74, 6) is 0.364. The first-order chi connectivity index (χ1) is 12.2. The lowest BCUT2D eigenvalue weighted by atomic mass is 9.71. The topological polar surface area (TPSA) is 59.3 Å². The minimum Gasteiger partial charge on any atom is -0.349 e. The molecule has 26 heavy (non-hydrogen) atoms. The largest absolute Gasteiger partial charge is 0.349 e. The van der Waals surface area contributed by atoms with E-state index >= 15 is 0 Å². The summed E-state index contributed by atoms with van der Waals surface area (Å²) in [5.41, 5.74) is 0.893. The van der Waals surface area contributed by atoms with Gasteiger partial charge in [0.2, 0.25) is 0 Å². The number of fused-ring (bicyclic) bond motifs is 1. The summed E-state index contributed by atoms with van der Waals surface area (Å²) >= 11 is 0. The number of nitrogens with zero attached hydrogens (tertiary/aromatic N) is 3. The first-order valence-corrected chi connectivity index (χ1v) is 9.11. The van der Waals surface area contributed by atoms with E-state index in [1.54, 1.807) is 6.92 Å². The predicted molar refractivity (Wildman–Crippen MR) is 95.3 cm³/mol. The van der Waals surface area contributed by atoms with Crippen molar-refractivity contribution in [1.29, 1.82) is 0 Å². The van der Waals surface area contributed by atoms with Crippen LogP contribution in [0.1, 0.15) is 74.6 Å². The number of alkyl halides is 2. The third-order valence-corrected chi connectivity index (χ3v) is 5.43. The molecule has 7 heteroatoms. The van der Waals surface area contributed by atoms with Crippen LogP contribution in [0, 0.1) is 18.3 Å². The zero-order valence-corrected chi connectivity index (χ0v) is 15.7. The number of halogens is 2. The van der Waals surface area contributed by atoms with Crippen molar-refractivity contribution in [2.24, 2.45) is 11.3 Å². The molecular weight excluding hydrogens is 338 g/mol. The van der Waals surface area contributed by atoms with Crippen molar-refractivity contribution in [2.45, 2.75) is 65.8 Å². The number of carbonyl (C=O) groups excluding carboxylic acids is 1. The van der Waals surface area contributed by atoms with Gasteiger partial charge < -0.3 is 5.32 Å². The third-order valence-electron chi connectivity index (χ3n) is 5.43. The lowest BCUT2D eigenvalue weighted by Gasteiger charge is -2.37. The minimum atomic E-state index is -2.68. The molecule has 1 aliphatic carbocycles. The van der Waals surface area contributed by atoms with Crippen molar-refractivity contribution in [3.63, 3.8) is 0 Å². The highest BCUT2D eigenvalue weighted by Gasteiger charge is 2.30. The van der Waals surface area contributed by atoms with Crippen molar-refractivity contribution < 1.29 is 13.6 Å². The van der Waals surface area contributed by atoms with E-state index in [4.69, 9.17) is 0 Å². The van der Waals surface area contributed by atoms with Gasteiger partial charge in [0.25, 0.3) is 12.3 Å². The molecule has 142 valence electrons. The number of aryl methyl sites for hydroxylation is 1. The summed E-state index contributed by atoms with van der Waals surface area (Å²) in [6.45, 7) is 8.43. The fourth-order valence-corrected chi connectivity index (χ4v) is 3.78. The van der Waals surface area contributed by atoms with Crippen molar-refractivity contribution in [2.75, 3.05) is 0 Å². The normalized spacial score (nSPS) is 21.3. The van der Waals surface area contributed by atoms with Crippen LogP contribution in [0.5, 0.6) is 0 Å². The summed E-state index contributed by atoms with van der Waals surface area (Å²) in [5, 5.41) is 7.16. The molecule has 0 aromatic carbocycles.